The van der Waals surface area contributed by atoms with Gasteiger partial charge in [0.15, 0.2) is 0 Å². The first-order valence-electron chi connectivity index (χ1n) is 15.4. The second-order valence-electron chi connectivity index (χ2n) is 12.0. The summed E-state index contributed by atoms with van der Waals surface area (Å²) < 4.78 is 49.6. The van der Waals surface area contributed by atoms with Gasteiger partial charge in [0, 0.05) is 64.9 Å². The van der Waals surface area contributed by atoms with E-state index in [4.69, 9.17) is 9.72 Å². The molecule has 0 atom stereocenters. The molecule has 0 spiro atoms. The molecule has 0 bridgehead atoms. The Morgan fingerprint density at radius 3 is 2.43 bits per heavy atom. The number of carbonyl (C=O) groups excluding carboxylic acids is 2. The number of nitrogens with one attached hydrogen (secondary N) is 2. The number of aromatic nitrogens is 5. The van der Waals surface area contributed by atoms with E-state index in [9.17, 15) is 27.6 Å². The van der Waals surface area contributed by atoms with Gasteiger partial charge in [0.05, 0.1) is 17.9 Å². The van der Waals surface area contributed by atoms with Crippen LogP contribution in [0.4, 0.5) is 30.8 Å². The van der Waals surface area contributed by atoms with Crippen LogP contribution in [0, 0.1) is 0 Å². The lowest BCUT2D eigenvalue weighted by Gasteiger charge is -2.40. The lowest BCUT2D eigenvalue weighted by Crippen LogP contribution is -2.50. The third kappa shape index (κ3) is 6.18. The molecule has 0 radical (unpaired) electrons. The van der Waals surface area contributed by atoms with Crippen molar-refractivity contribution < 1.29 is 27.5 Å². The molecule has 1 aromatic carbocycles. The zero-order valence-corrected chi connectivity index (χ0v) is 26.6. The lowest BCUT2D eigenvalue weighted by atomic mass is 9.83. The molecule has 252 valence electrons. The van der Waals surface area contributed by atoms with Crippen molar-refractivity contribution in [1.29, 1.82) is 0 Å². The number of allylic oxidation sites excluding steroid dienone is 1. The Bertz CT molecular complexity index is 1780. The van der Waals surface area contributed by atoms with Crippen LogP contribution in [-0.2, 0) is 42.3 Å². The number of halogens is 3. The molecule has 0 unspecified atom stereocenters. The van der Waals surface area contributed by atoms with E-state index in [1.54, 1.807) is 40.5 Å². The van der Waals surface area contributed by atoms with Crippen molar-refractivity contribution in [2.75, 3.05) is 68.5 Å². The van der Waals surface area contributed by atoms with Gasteiger partial charge >= 0.3 is 6.18 Å². The maximum absolute atomic E-state index is 13.6. The van der Waals surface area contributed by atoms with Crippen molar-refractivity contribution in [3.05, 3.63) is 62.3 Å². The molecule has 1 aliphatic carbocycles. The predicted octanol–water partition coefficient (Wildman–Crippen LogP) is 2.00. The average Bonchev–Trinajstić information content (AvgIpc) is 3.57. The summed E-state index contributed by atoms with van der Waals surface area (Å²) in [5, 5.41) is 9.96. The molecule has 3 aromatic rings. The number of alkyl halides is 3. The van der Waals surface area contributed by atoms with E-state index in [1.165, 1.54) is 16.9 Å². The number of benzene rings is 1. The topological polar surface area (TPSA) is 137 Å². The number of hydrogen-bond donors (Lipinski definition) is 2. The van der Waals surface area contributed by atoms with Gasteiger partial charge < -0.3 is 29.7 Å². The average molecular weight is 659 g/mol. The number of H-pyrrole nitrogens is 1. The van der Waals surface area contributed by atoms with E-state index < -0.39 is 23.2 Å². The van der Waals surface area contributed by atoms with Gasteiger partial charge in [0.1, 0.15) is 18.8 Å². The van der Waals surface area contributed by atoms with Crippen molar-refractivity contribution in [3.8, 4) is 0 Å². The molecule has 47 heavy (non-hydrogen) atoms. The van der Waals surface area contributed by atoms with E-state index in [0.717, 1.165) is 17.5 Å². The second kappa shape index (κ2) is 12.4. The quantitative estimate of drug-likeness (QED) is 0.391. The smallest absolute Gasteiger partial charge is 0.368 e. The third-order valence-corrected chi connectivity index (χ3v) is 8.69. The summed E-state index contributed by atoms with van der Waals surface area (Å²) in [5.74, 6) is 0.0391. The van der Waals surface area contributed by atoms with Crippen LogP contribution < -0.4 is 20.7 Å². The van der Waals surface area contributed by atoms with Crippen LogP contribution in [0.5, 0.6) is 0 Å². The highest BCUT2D eigenvalue weighted by Gasteiger charge is 2.38. The van der Waals surface area contributed by atoms with Gasteiger partial charge in [-0.15, -0.1) is 5.10 Å². The number of rotatable bonds is 7. The Morgan fingerprint density at radius 2 is 1.83 bits per heavy atom. The van der Waals surface area contributed by atoms with E-state index in [2.05, 4.69) is 20.4 Å². The highest BCUT2D eigenvalue weighted by molar-refractivity contribution is 5.95. The van der Waals surface area contributed by atoms with Gasteiger partial charge in [-0.3, -0.25) is 24.2 Å². The Kier molecular flexibility index (Phi) is 8.50. The highest BCUT2D eigenvalue weighted by Crippen LogP contribution is 2.41. The molecule has 1 fully saturated rings. The molecule has 6 rings (SSSR count). The van der Waals surface area contributed by atoms with Gasteiger partial charge in [-0.1, -0.05) is 6.92 Å². The first-order valence-corrected chi connectivity index (χ1v) is 15.4. The fraction of sp³-hybridized carbons (Fsp3) is 0.500. The van der Waals surface area contributed by atoms with Crippen LogP contribution in [0.3, 0.4) is 0 Å². The summed E-state index contributed by atoms with van der Waals surface area (Å²) in [6.45, 7) is 3.71. The van der Waals surface area contributed by atoms with Gasteiger partial charge in [-0.05, 0) is 42.5 Å². The highest BCUT2D eigenvalue weighted by atomic mass is 19.4. The van der Waals surface area contributed by atoms with E-state index in [-0.39, 0.29) is 36.9 Å². The number of amides is 2. The predicted molar refractivity (Wildman–Crippen MR) is 166 cm³/mol. The minimum absolute atomic E-state index is 0.0659. The zero-order chi connectivity index (χ0) is 33.6. The fourth-order valence-electron chi connectivity index (χ4n) is 6.28. The van der Waals surface area contributed by atoms with E-state index in [0.29, 0.717) is 68.6 Å². The molecular weight excluding hydrogens is 621 g/mol. The minimum Gasteiger partial charge on any atom is -0.368 e. The van der Waals surface area contributed by atoms with Gasteiger partial charge in [0.2, 0.25) is 17.8 Å². The van der Waals surface area contributed by atoms with Crippen molar-refractivity contribution in [2.24, 2.45) is 7.05 Å². The van der Waals surface area contributed by atoms with Crippen molar-refractivity contribution in [1.82, 2.24) is 34.3 Å². The molecule has 17 heteroatoms. The largest absolute Gasteiger partial charge is 0.416 e. The summed E-state index contributed by atoms with van der Waals surface area (Å²) in [7, 11) is 5.25. The monoisotopic (exact) mass is 658 g/mol. The molecule has 2 N–H and O–H groups in total. The lowest BCUT2D eigenvalue weighted by molar-refractivity contribution is -0.138. The SMILES string of the molecule is CC/C1=C(\N2CCN(C(=O)c3cn(C)[nH]c3=O)CC2)COCn2nc(N(C)C)nc2N1CC(=O)Nc1ccc(C(F)(F)F)c2c1CC2. The summed E-state index contributed by atoms with van der Waals surface area (Å²) in [6, 6.07) is 2.34. The zero-order valence-electron chi connectivity index (χ0n) is 26.6. The molecule has 3 aliphatic rings. The van der Waals surface area contributed by atoms with Crippen LogP contribution >= 0.6 is 0 Å². The molecule has 14 nitrogen and oxygen atoms in total. The normalized spacial score (nSPS) is 18.2. The summed E-state index contributed by atoms with van der Waals surface area (Å²) in [6.07, 6.45) is -1.72. The first-order chi connectivity index (χ1) is 22.3. The number of nitrogens with zero attached hydrogens (tertiary/aromatic N) is 8. The molecule has 2 amide bonds. The van der Waals surface area contributed by atoms with Crippen molar-refractivity contribution >= 4 is 29.4 Å². The van der Waals surface area contributed by atoms with E-state index >= 15 is 0 Å². The van der Waals surface area contributed by atoms with Gasteiger partial charge in [-0.2, -0.15) is 18.2 Å². The number of carbonyl (C=O) groups is 2. The number of aromatic amines is 1. The number of aryl methyl sites for hydroxylation is 1. The summed E-state index contributed by atoms with van der Waals surface area (Å²) >= 11 is 0. The second-order valence-corrected chi connectivity index (χ2v) is 12.0. The summed E-state index contributed by atoms with van der Waals surface area (Å²) in [5.41, 5.74) is 1.66. The van der Waals surface area contributed by atoms with Crippen LogP contribution in [0.25, 0.3) is 0 Å². The van der Waals surface area contributed by atoms with Gasteiger partial charge in [0.25, 0.3) is 11.5 Å². The Balaban J connectivity index is 1.28. The molecule has 1 saturated heterocycles. The molecular formula is C30H37F3N10O4. The first kappa shape index (κ1) is 32.2. The Morgan fingerprint density at radius 1 is 1.11 bits per heavy atom. The Hall–Kier alpha value is -4.80. The van der Waals surface area contributed by atoms with Gasteiger partial charge in [-0.25, -0.2) is 4.68 Å². The molecule has 0 saturated carbocycles. The number of hydrogen-bond acceptors (Lipinski definition) is 9. The Labute approximate surface area is 268 Å². The molecule has 2 aromatic heterocycles. The van der Waals surface area contributed by atoms with Crippen molar-refractivity contribution in [3.63, 3.8) is 0 Å². The van der Waals surface area contributed by atoms with Crippen LogP contribution in [0.2, 0.25) is 0 Å². The standard InChI is InChI=1S/C30H37F3N10O4/c1-5-23-24(40-10-12-41(13-11-40)27(46)20-14-39(4)36-26(20)45)16-47-17-43-29(35-28(37-43)38(2)3)42(23)15-25(44)34-22-9-8-21(30(31,32)33)18-6-7-19(18)22/h8-9,14H,5-7,10-13,15-17H2,1-4H3,(H,34,44)(H,36,45)/b24-23+. The maximum Gasteiger partial charge on any atom is 0.416 e. The fourth-order valence-corrected chi connectivity index (χ4v) is 6.28. The number of fused-ring (bicyclic) bond motifs is 2. The minimum atomic E-state index is -4.46. The number of anilines is 3. The number of ether oxygens (including phenoxy) is 1. The number of piperazine rings is 1. The third-order valence-electron chi connectivity index (χ3n) is 8.69. The molecule has 2 aliphatic heterocycles. The maximum atomic E-state index is 13.6. The van der Waals surface area contributed by atoms with E-state index in [1.807, 2.05) is 6.92 Å². The van der Waals surface area contributed by atoms with Crippen LogP contribution in [0.1, 0.15) is 40.4 Å². The van der Waals surface area contributed by atoms with Crippen molar-refractivity contribution in [2.45, 2.75) is 39.1 Å². The van der Waals surface area contributed by atoms with Crippen LogP contribution in [0.15, 0.2) is 34.5 Å². The summed E-state index contributed by atoms with van der Waals surface area (Å²) in [4.78, 5) is 50.9. The van der Waals surface area contributed by atoms with Crippen LogP contribution in [-0.4, -0.2) is 99.6 Å². The molecule has 4 heterocycles.